The van der Waals surface area contributed by atoms with Gasteiger partial charge in [-0.15, -0.1) is 0 Å². The number of rotatable bonds is 3. The highest BCUT2D eigenvalue weighted by Gasteiger charge is 2.17. The van der Waals surface area contributed by atoms with E-state index in [0.717, 1.165) is 15.6 Å². The van der Waals surface area contributed by atoms with Gasteiger partial charge in [0, 0.05) is 15.6 Å². The molecule has 0 saturated heterocycles. The molecule has 0 radical (unpaired) electrons. The van der Waals surface area contributed by atoms with E-state index in [2.05, 4.69) is 44.8 Å². The molecule has 2 aromatic rings. The molecule has 0 spiro atoms. The minimum Gasteiger partial charge on any atom is -0.495 e. The monoisotopic (exact) mass is 436 g/mol. The van der Waals surface area contributed by atoms with Crippen LogP contribution in [0.2, 0.25) is 10.0 Å². The fraction of sp³-hybridized carbons (Fsp3) is 0.200. The number of alkyl halides is 1. The van der Waals surface area contributed by atoms with Gasteiger partial charge in [0.2, 0.25) is 0 Å². The Hall–Kier alpha value is -0.220. The Morgan fingerprint density at radius 2 is 1.80 bits per heavy atom. The van der Waals surface area contributed by atoms with Crippen LogP contribution in [0.1, 0.15) is 21.5 Å². The van der Waals surface area contributed by atoms with Crippen LogP contribution in [0.25, 0.3) is 0 Å². The number of hydrogen-bond acceptors (Lipinski definition) is 1. The van der Waals surface area contributed by atoms with E-state index in [-0.39, 0.29) is 4.83 Å². The van der Waals surface area contributed by atoms with Crippen LogP contribution in [-0.2, 0) is 0 Å². The molecule has 2 aromatic carbocycles. The van der Waals surface area contributed by atoms with Gasteiger partial charge in [-0.1, -0.05) is 67.2 Å². The predicted octanol–water partition coefficient (Wildman–Crippen LogP) is 6.56. The third kappa shape index (κ3) is 3.33. The predicted molar refractivity (Wildman–Crippen MR) is 92.7 cm³/mol. The number of benzene rings is 2. The lowest BCUT2D eigenvalue weighted by Crippen LogP contribution is -1.96. The van der Waals surface area contributed by atoms with E-state index >= 15 is 0 Å². The molecule has 0 saturated carbocycles. The zero-order chi connectivity index (χ0) is 14.9. The molecule has 0 heterocycles. The van der Waals surface area contributed by atoms with Crippen molar-refractivity contribution in [3.8, 4) is 5.75 Å². The van der Waals surface area contributed by atoms with Crippen LogP contribution in [0.3, 0.4) is 0 Å². The van der Waals surface area contributed by atoms with Crippen LogP contribution >= 0.6 is 55.1 Å². The van der Waals surface area contributed by atoms with E-state index in [1.807, 2.05) is 18.2 Å². The van der Waals surface area contributed by atoms with Crippen LogP contribution in [0.4, 0.5) is 0 Å². The zero-order valence-corrected chi connectivity index (χ0v) is 15.6. The number of hydrogen-bond donors (Lipinski definition) is 0. The van der Waals surface area contributed by atoms with Crippen LogP contribution in [0.15, 0.2) is 34.8 Å². The summed E-state index contributed by atoms with van der Waals surface area (Å²) in [4.78, 5) is -0.0230. The van der Waals surface area contributed by atoms with Crippen molar-refractivity contribution < 1.29 is 4.74 Å². The van der Waals surface area contributed by atoms with Crippen LogP contribution in [0, 0.1) is 6.92 Å². The summed E-state index contributed by atoms with van der Waals surface area (Å²) in [5, 5.41) is 1.17. The lowest BCUT2D eigenvalue weighted by Gasteiger charge is -2.15. The van der Waals surface area contributed by atoms with Crippen molar-refractivity contribution in [1.29, 1.82) is 0 Å². The lowest BCUT2D eigenvalue weighted by molar-refractivity contribution is 0.415. The maximum atomic E-state index is 6.32. The van der Waals surface area contributed by atoms with Crippen molar-refractivity contribution in [1.82, 2.24) is 0 Å². The smallest absolute Gasteiger partial charge is 0.138 e. The highest BCUT2D eigenvalue weighted by atomic mass is 79.9. The molecule has 5 heteroatoms. The van der Waals surface area contributed by atoms with E-state index < -0.39 is 0 Å². The van der Waals surface area contributed by atoms with E-state index in [1.54, 1.807) is 13.2 Å². The maximum Gasteiger partial charge on any atom is 0.138 e. The van der Waals surface area contributed by atoms with E-state index in [9.17, 15) is 0 Å². The summed E-state index contributed by atoms with van der Waals surface area (Å²) >= 11 is 19.7. The highest BCUT2D eigenvalue weighted by molar-refractivity contribution is 9.10. The second-order valence-corrected chi connectivity index (χ2v) is 6.96. The van der Waals surface area contributed by atoms with Crippen molar-refractivity contribution in [3.05, 3.63) is 61.5 Å². The lowest BCUT2D eigenvalue weighted by atomic mass is 10.0. The van der Waals surface area contributed by atoms with Crippen LogP contribution in [0.5, 0.6) is 5.75 Å². The normalized spacial score (nSPS) is 12.3. The van der Waals surface area contributed by atoms with Crippen LogP contribution < -0.4 is 4.74 Å². The first-order chi connectivity index (χ1) is 9.43. The van der Waals surface area contributed by atoms with Gasteiger partial charge >= 0.3 is 0 Å². The van der Waals surface area contributed by atoms with E-state index in [4.69, 9.17) is 27.9 Å². The molecule has 1 unspecified atom stereocenters. The van der Waals surface area contributed by atoms with Gasteiger partial charge in [-0.25, -0.2) is 0 Å². The maximum absolute atomic E-state index is 6.32. The standard InChI is InChI=1S/C15H12Br2Cl2O/c1-8-5-9(3-4-11(8)16)15(17)10-6-13(19)14(20-2)7-12(10)18/h3-7,15H,1-2H3. The molecule has 106 valence electrons. The summed E-state index contributed by atoms with van der Waals surface area (Å²) in [5.41, 5.74) is 3.20. The fourth-order valence-electron chi connectivity index (χ4n) is 1.90. The van der Waals surface area contributed by atoms with Gasteiger partial charge in [-0.3, -0.25) is 0 Å². The van der Waals surface area contributed by atoms with Crippen LogP contribution in [-0.4, -0.2) is 7.11 Å². The minimum atomic E-state index is -0.0230. The largest absolute Gasteiger partial charge is 0.495 e. The number of aryl methyl sites for hydroxylation is 1. The Kier molecular flexibility index (Phi) is 5.41. The average Bonchev–Trinajstić information content (AvgIpc) is 2.43. The molecule has 0 aliphatic rings. The first-order valence-electron chi connectivity index (χ1n) is 5.87. The molecular formula is C15H12Br2Cl2O. The third-order valence-electron chi connectivity index (χ3n) is 3.02. The van der Waals surface area contributed by atoms with Gasteiger partial charge in [0.1, 0.15) is 5.75 Å². The van der Waals surface area contributed by atoms with Gasteiger partial charge < -0.3 is 4.74 Å². The minimum absolute atomic E-state index is 0.0230. The van der Waals surface area contributed by atoms with E-state index in [1.165, 1.54) is 5.56 Å². The first-order valence-corrected chi connectivity index (χ1v) is 8.33. The first kappa shape index (κ1) is 16.2. The van der Waals surface area contributed by atoms with Gasteiger partial charge in [0.15, 0.2) is 0 Å². The van der Waals surface area contributed by atoms with Crippen molar-refractivity contribution in [2.45, 2.75) is 11.8 Å². The molecule has 0 N–H and O–H groups in total. The number of ether oxygens (including phenoxy) is 1. The second-order valence-electron chi connectivity index (χ2n) is 4.38. The summed E-state index contributed by atoms with van der Waals surface area (Å²) in [6.45, 7) is 2.05. The molecule has 0 amide bonds. The topological polar surface area (TPSA) is 9.23 Å². The quantitative estimate of drug-likeness (QED) is 0.493. The summed E-state index contributed by atoms with van der Waals surface area (Å²) in [5.74, 6) is 0.576. The highest BCUT2D eigenvalue weighted by Crippen LogP contribution is 2.40. The Bertz CT molecular complexity index is 644. The van der Waals surface area contributed by atoms with Gasteiger partial charge in [0.25, 0.3) is 0 Å². The molecular weight excluding hydrogens is 427 g/mol. The zero-order valence-electron chi connectivity index (χ0n) is 10.9. The average molecular weight is 439 g/mol. The Balaban J connectivity index is 2.45. The molecule has 1 nitrogen and oxygen atoms in total. The van der Waals surface area contributed by atoms with Crippen molar-refractivity contribution in [2.75, 3.05) is 7.11 Å². The molecule has 20 heavy (non-hydrogen) atoms. The molecule has 0 bridgehead atoms. The Morgan fingerprint density at radius 3 is 2.40 bits per heavy atom. The van der Waals surface area contributed by atoms with Crippen molar-refractivity contribution in [2.24, 2.45) is 0 Å². The summed E-state index contributed by atoms with van der Waals surface area (Å²) in [7, 11) is 1.57. The van der Waals surface area contributed by atoms with Gasteiger partial charge in [-0.05, 0) is 35.7 Å². The van der Waals surface area contributed by atoms with Crippen molar-refractivity contribution >= 4 is 55.1 Å². The summed E-state index contributed by atoms with van der Waals surface area (Å²) in [6, 6.07) is 9.75. The Labute approximate surface area is 145 Å². The molecule has 0 fully saturated rings. The number of halogens is 4. The van der Waals surface area contributed by atoms with Crippen molar-refractivity contribution in [3.63, 3.8) is 0 Å². The summed E-state index contributed by atoms with van der Waals surface area (Å²) < 4.78 is 6.25. The molecule has 1 atom stereocenters. The van der Waals surface area contributed by atoms with Gasteiger partial charge in [-0.2, -0.15) is 0 Å². The van der Waals surface area contributed by atoms with E-state index in [0.29, 0.717) is 15.8 Å². The fourth-order valence-corrected chi connectivity index (χ4v) is 3.45. The molecule has 0 aliphatic heterocycles. The molecule has 0 aromatic heterocycles. The third-order valence-corrected chi connectivity index (χ3v) is 5.55. The number of methoxy groups -OCH3 is 1. The molecule has 0 aliphatic carbocycles. The molecule has 2 rings (SSSR count). The Morgan fingerprint density at radius 1 is 1.10 bits per heavy atom. The SMILES string of the molecule is COc1cc(Cl)c(C(Br)c2ccc(Br)c(C)c2)cc1Cl. The van der Waals surface area contributed by atoms with Gasteiger partial charge in [0.05, 0.1) is 17.0 Å². The summed E-state index contributed by atoms with van der Waals surface area (Å²) in [6.07, 6.45) is 0. The second kappa shape index (κ2) is 6.69.